The van der Waals surface area contributed by atoms with Crippen LogP contribution in [0, 0.1) is 5.82 Å². The SMILES string of the molecule is NC(=O)C(Cc1ccc(F)cc1)c1ccc(N)cc1. The molecule has 0 radical (unpaired) electrons. The molecule has 0 heterocycles. The first-order chi connectivity index (χ1) is 9.06. The van der Waals surface area contributed by atoms with Gasteiger partial charge < -0.3 is 11.5 Å². The van der Waals surface area contributed by atoms with Gasteiger partial charge in [-0.3, -0.25) is 4.79 Å². The van der Waals surface area contributed by atoms with Crippen molar-refractivity contribution in [1.82, 2.24) is 0 Å². The maximum atomic E-state index is 12.8. The molecular weight excluding hydrogens is 243 g/mol. The number of nitrogens with two attached hydrogens (primary N) is 2. The van der Waals surface area contributed by atoms with Gasteiger partial charge in [0.25, 0.3) is 0 Å². The molecule has 98 valence electrons. The summed E-state index contributed by atoms with van der Waals surface area (Å²) in [5, 5.41) is 0. The van der Waals surface area contributed by atoms with Gasteiger partial charge in [-0.2, -0.15) is 0 Å². The van der Waals surface area contributed by atoms with E-state index in [9.17, 15) is 9.18 Å². The van der Waals surface area contributed by atoms with Crippen molar-refractivity contribution in [1.29, 1.82) is 0 Å². The van der Waals surface area contributed by atoms with Gasteiger partial charge in [0.2, 0.25) is 5.91 Å². The number of nitrogen functional groups attached to an aromatic ring is 1. The second-order valence-electron chi connectivity index (χ2n) is 4.45. The number of hydrogen-bond acceptors (Lipinski definition) is 2. The lowest BCUT2D eigenvalue weighted by atomic mass is 9.91. The number of amides is 1. The predicted molar refractivity (Wildman–Crippen MR) is 72.9 cm³/mol. The Morgan fingerprint density at radius 1 is 1.05 bits per heavy atom. The minimum Gasteiger partial charge on any atom is -0.399 e. The van der Waals surface area contributed by atoms with E-state index in [2.05, 4.69) is 0 Å². The van der Waals surface area contributed by atoms with E-state index in [0.29, 0.717) is 12.1 Å². The van der Waals surface area contributed by atoms with E-state index < -0.39 is 11.8 Å². The third-order valence-corrected chi connectivity index (χ3v) is 3.04. The monoisotopic (exact) mass is 258 g/mol. The van der Waals surface area contributed by atoms with Gasteiger partial charge in [-0.15, -0.1) is 0 Å². The van der Waals surface area contributed by atoms with Crippen molar-refractivity contribution in [3.63, 3.8) is 0 Å². The minimum absolute atomic E-state index is 0.299. The van der Waals surface area contributed by atoms with Crippen LogP contribution in [0.25, 0.3) is 0 Å². The molecule has 1 atom stereocenters. The summed E-state index contributed by atoms with van der Waals surface area (Å²) in [4.78, 5) is 11.6. The highest BCUT2D eigenvalue weighted by Crippen LogP contribution is 2.22. The highest BCUT2D eigenvalue weighted by atomic mass is 19.1. The Labute approximate surface area is 111 Å². The van der Waals surface area contributed by atoms with E-state index >= 15 is 0 Å². The summed E-state index contributed by atoms with van der Waals surface area (Å²) in [6.07, 6.45) is 0.444. The molecule has 0 aliphatic rings. The normalized spacial score (nSPS) is 12.1. The van der Waals surface area contributed by atoms with Crippen LogP contribution in [0.3, 0.4) is 0 Å². The third-order valence-electron chi connectivity index (χ3n) is 3.04. The van der Waals surface area contributed by atoms with E-state index in [0.717, 1.165) is 11.1 Å². The number of carbonyl (C=O) groups is 1. The van der Waals surface area contributed by atoms with Crippen LogP contribution in [-0.2, 0) is 11.2 Å². The molecule has 3 nitrogen and oxygen atoms in total. The van der Waals surface area contributed by atoms with Crippen molar-refractivity contribution in [2.75, 3.05) is 5.73 Å². The van der Waals surface area contributed by atoms with E-state index in [1.54, 1.807) is 36.4 Å². The van der Waals surface area contributed by atoms with E-state index in [1.807, 2.05) is 0 Å². The van der Waals surface area contributed by atoms with Crippen molar-refractivity contribution < 1.29 is 9.18 Å². The van der Waals surface area contributed by atoms with E-state index in [4.69, 9.17) is 11.5 Å². The second kappa shape index (κ2) is 5.52. The smallest absolute Gasteiger partial charge is 0.225 e. The van der Waals surface area contributed by atoms with Crippen LogP contribution >= 0.6 is 0 Å². The molecule has 0 aliphatic heterocycles. The molecule has 0 fully saturated rings. The fraction of sp³-hybridized carbons (Fsp3) is 0.133. The Kier molecular flexibility index (Phi) is 3.80. The van der Waals surface area contributed by atoms with Gasteiger partial charge in [-0.05, 0) is 41.8 Å². The Hall–Kier alpha value is -2.36. The Morgan fingerprint density at radius 3 is 2.16 bits per heavy atom. The summed E-state index contributed by atoms with van der Waals surface area (Å²) in [7, 11) is 0. The van der Waals surface area contributed by atoms with Crippen molar-refractivity contribution in [2.45, 2.75) is 12.3 Å². The number of primary amides is 1. The zero-order valence-electron chi connectivity index (χ0n) is 10.3. The van der Waals surface area contributed by atoms with Crippen molar-refractivity contribution >= 4 is 11.6 Å². The number of hydrogen-bond donors (Lipinski definition) is 2. The van der Waals surface area contributed by atoms with Gasteiger partial charge in [0.05, 0.1) is 5.92 Å². The van der Waals surface area contributed by atoms with Crippen molar-refractivity contribution in [3.8, 4) is 0 Å². The fourth-order valence-corrected chi connectivity index (χ4v) is 1.97. The highest BCUT2D eigenvalue weighted by molar-refractivity contribution is 5.82. The van der Waals surface area contributed by atoms with Gasteiger partial charge in [0, 0.05) is 5.69 Å². The first-order valence-electron chi connectivity index (χ1n) is 5.95. The van der Waals surface area contributed by atoms with Gasteiger partial charge in [-0.1, -0.05) is 24.3 Å². The lowest BCUT2D eigenvalue weighted by Gasteiger charge is -2.14. The van der Waals surface area contributed by atoms with Crippen LogP contribution in [0.2, 0.25) is 0 Å². The zero-order valence-corrected chi connectivity index (χ0v) is 10.3. The Morgan fingerprint density at radius 2 is 1.63 bits per heavy atom. The fourth-order valence-electron chi connectivity index (χ4n) is 1.97. The molecule has 0 aromatic heterocycles. The number of anilines is 1. The Balaban J connectivity index is 2.23. The van der Waals surface area contributed by atoms with Gasteiger partial charge in [0.1, 0.15) is 5.82 Å². The van der Waals surface area contributed by atoms with E-state index in [1.165, 1.54) is 12.1 Å². The average molecular weight is 258 g/mol. The minimum atomic E-state index is -0.439. The highest BCUT2D eigenvalue weighted by Gasteiger charge is 2.18. The molecule has 0 bridgehead atoms. The Bertz CT molecular complexity index is 564. The predicted octanol–water partition coefficient (Wildman–Crippen LogP) is 2.22. The maximum Gasteiger partial charge on any atom is 0.225 e. The lowest BCUT2D eigenvalue weighted by molar-refractivity contribution is -0.119. The summed E-state index contributed by atoms with van der Waals surface area (Å²) in [6.45, 7) is 0. The molecule has 19 heavy (non-hydrogen) atoms. The molecule has 0 saturated carbocycles. The molecular formula is C15H15FN2O. The molecule has 2 rings (SSSR count). The first kappa shape index (κ1) is 13.1. The summed E-state index contributed by atoms with van der Waals surface area (Å²) < 4.78 is 12.8. The standard InChI is InChI=1S/C15H15FN2O/c16-12-5-1-10(2-6-12)9-14(15(18)19)11-3-7-13(17)8-4-11/h1-8,14H,9,17H2,(H2,18,19). The largest absolute Gasteiger partial charge is 0.399 e. The second-order valence-corrected chi connectivity index (χ2v) is 4.45. The topological polar surface area (TPSA) is 69.1 Å². The van der Waals surface area contributed by atoms with Crippen LogP contribution in [0.15, 0.2) is 48.5 Å². The van der Waals surface area contributed by atoms with Crippen LogP contribution in [-0.4, -0.2) is 5.91 Å². The van der Waals surface area contributed by atoms with Crippen LogP contribution in [0.4, 0.5) is 10.1 Å². The van der Waals surface area contributed by atoms with E-state index in [-0.39, 0.29) is 5.82 Å². The van der Waals surface area contributed by atoms with Gasteiger partial charge >= 0.3 is 0 Å². The molecule has 2 aromatic rings. The number of rotatable bonds is 4. The van der Waals surface area contributed by atoms with Crippen LogP contribution in [0.1, 0.15) is 17.0 Å². The number of benzene rings is 2. The zero-order chi connectivity index (χ0) is 13.8. The number of halogens is 1. The van der Waals surface area contributed by atoms with Crippen LogP contribution in [0.5, 0.6) is 0 Å². The quantitative estimate of drug-likeness (QED) is 0.825. The number of carbonyl (C=O) groups excluding carboxylic acids is 1. The molecule has 1 amide bonds. The molecule has 2 aromatic carbocycles. The summed E-state index contributed by atoms with van der Waals surface area (Å²) in [6, 6.07) is 13.1. The molecule has 0 spiro atoms. The molecule has 1 unspecified atom stereocenters. The summed E-state index contributed by atoms with van der Waals surface area (Å²) >= 11 is 0. The summed E-state index contributed by atoms with van der Waals surface area (Å²) in [5.74, 6) is -1.15. The molecule has 4 N–H and O–H groups in total. The summed E-state index contributed by atoms with van der Waals surface area (Å²) in [5.41, 5.74) is 13.4. The average Bonchev–Trinajstić information content (AvgIpc) is 2.39. The molecule has 4 heteroatoms. The first-order valence-corrected chi connectivity index (χ1v) is 5.95. The van der Waals surface area contributed by atoms with Crippen molar-refractivity contribution in [3.05, 3.63) is 65.5 Å². The lowest BCUT2D eigenvalue weighted by Crippen LogP contribution is -2.23. The van der Waals surface area contributed by atoms with Gasteiger partial charge in [0.15, 0.2) is 0 Å². The molecule has 0 aliphatic carbocycles. The molecule has 0 saturated heterocycles. The van der Waals surface area contributed by atoms with Crippen LogP contribution < -0.4 is 11.5 Å². The van der Waals surface area contributed by atoms with Crippen molar-refractivity contribution in [2.24, 2.45) is 5.73 Å². The third kappa shape index (κ3) is 3.31. The van der Waals surface area contributed by atoms with Gasteiger partial charge in [-0.25, -0.2) is 4.39 Å². The maximum absolute atomic E-state index is 12.8.